The highest BCUT2D eigenvalue weighted by Gasteiger charge is 2.26. The number of aromatic nitrogens is 2. The molecule has 1 fully saturated rings. The number of hydrogen-bond donors (Lipinski definition) is 2. The van der Waals surface area contributed by atoms with E-state index in [1.54, 1.807) is 12.4 Å². The zero-order chi connectivity index (χ0) is 9.26. The Labute approximate surface area is 77.6 Å². The van der Waals surface area contributed by atoms with Gasteiger partial charge in [-0.3, -0.25) is 0 Å². The summed E-state index contributed by atoms with van der Waals surface area (Å²) in [4.78, 5) is 8.10. The van der Waals surface area contributed by atoms with E-state index in [0.717, 1.165) is 11.7 Å². The van der Waals surface area contributed by atoms with Gasteiger partial charge in [0.25, 0.3) is 0 Å². The first-order valence-electron chi connectivity index (χ1n) is 4.60. The molecule has 2 unspecified atom stereocenters. The van der Waals surface area contributed by atoms with Crippen LogP contribution in [0.3, 0.4) is 0 Å². The molecular weight excluding hydrogens is 164 g/mol. The molecule has 2 atom stereocenters. The van der Waals surface area contributed by atoms with Gasteiger partial charge in [0, 0.05) is 6.04 Å². The van der Waals surface area contributed by atoms with Gasteiger partial charge in [-0.1, -0.05) is 6.92 Å². The highest BCUT2D eigenvalue weighted by atomic mass is 15.1. The molecule has 1 saturated carbocycles. The molecule has 1 aromatic rings. The fourth-order valence-corrected chi connectivity index (χ4v) is 1.48. The van der Waals surface area contributed by atoms with Gasteiger partial charge in [0.2, 0.25) is 0 Å². The van der Waals surface area contributed by atoms with Crippen LogP contribution in [0.5, 0.6) is 0 Å². The van der Waals surface area contributed by atoms with Crippen LogP contribution in [0.25, 0.3) is 0 Å². The molecule has 0 radical (unpaired) electrons. The Hall–Kier alpha value is -1.32. The Kier molecular flexibility index (Phi) is 2.04. The molecule has 4 heteroatoms. The predicted octanol–water partition coefficient (Wildman–Crippen LogP) is 1.27. The summed E-state index contributed by atoms with van der Waals surface area (Å²) < 4.78 is 0. The second-order valence-corrected chi connectivity index (χ2v) is 3.63. The van der Waals surface area contributed by atoms with Crippen molar-refractivity contribution in [2.45, 2.75) is 25.8 Å². The summed E-state index contributed by atoms with van der Waals surface area (Å²) in [6.45, 7) is 2.24. The minimum absolute atomic E-state index is 0.465. The lowest BCUT2D eigenvalue weighted by atomic mass is 9.81. The number of rotatable bonds is 2. The van der Waals surface area contributed by atoms with Crippen molar-refractivity contribution < 1.29 is 0 Å². The SMILES string of the molecule is CC1CCC1Nc1cnc(N)cn1. The fraction of sp³-hybridized carbons (Fsp3) is 0.556. The number of nitrogen functional groups attached to an aromatic ring is 1. The normalized spacial score (nSPS) is 26.5. The minimum Gasteiger partial charge on any atom is -0.382 e. The number of nitrogens with two attached hydrogens (primary N) is 1. The molecular formula is C9H14N4. The van der Waals surface area contributed by atoms with E-state index in [4.69, 9.17) is 5.73 Å². The van der Waals surface area contributed by atoms with Gasteiger partial charge in [-0.05, 0) is 18.8 Å². The van der Waals surface area contributed by atoms with Gasteiger partial charge in [-0.15, -0.1) is 0 Å². The quantitative estimate of drug-likeness (QED) is 0.715. The van der Waals surface area contributed by atoms with Crippen LogP contribution in [-0.4, -0.2) is 16.0 Å². The Bertz CT molecular complexity index is 282. The molecule has 0 aromatic carbocycles. The predicted molar refractivity (Wildman–Crippen MR) is 52.3 cm³/mol. The van der Waals surface area contributed by atoms with Crippen molar-refractivity contribution in [1.82, 2.24) is 9.97 Å². The third-order valence-corrected chi connectivity index (χ3v) is 2.62. The molecule has 0 amide bonds. The van der Waals surface area contributed by atoms with E-state index in [0.29, 0.717) is 11.9 Å². The molecule has 0 aliphatic heterocycles. The van der Waals surface area contributed by atoms with Crippen molar-refractivity contribution in [3.05, 3.63) is 12.4 Å². The van der Waals surface area contributed by atoms with Gasteiger partial charge >= 0.3 is 0 Å². The maximum atomic E-state index is 5.43. The number of anilines is 2. The van der Waals surface area contributed by atoms with E-state index in [1.165, 1.54) is 12.8 Å². The van der Waals surface area contributed by atoms with Crippen LogP contribution in [0.1, 0.15) is 19.8 Å². The molecule has 1 heterocycles. The van der Waals surface area contributed by atoms with Gasteiger partial charge < -0.3 is 11.1 Å². The van der Waals surface area contributed by atoms with E-state index in [1.807, 2.05) is 0 Å². The minimum atomic E-state index is 0.465. The molecule has 0 spiro atoms. The van der Waals surface area contributed by atoms with E-state index >= 15 is 0 Å². The highest BCUT2D eigenvalue weighted by Crippen LogP contribution is 2.28. The summed E-state index contributed by atoms with van der Waals surface area (Å²) in [6, 6.07) is 0.568. The third-order valence-electron chi connectivity index (χ3n) is 2.62. The molecule has 3 N–H and O–H groups in total. The summed E-state index contributed by atoms with van der Waals surface area (Å²) in [6.07, 6.45) is 5.79. The number of nitrogens with zero attached hydrogens (tertiary/aromatic N) is 2. The average molecular weight is 178 g/mol. The molecule has 1 aromatic heterocycles. The van der Waals surface area contributed by atoms with Gasteiger partial charge in [0.1, 0.15) is 11.6 Å². The Morgan fingerprint density at radius 2 is 2.23 bits per heavy atom. The third kappa shape index (κ3) is 1.71. The first-order valence-corrected chi connectivity index (χ1v) is 4.60. The maximum Gasteiger partial charge on any atom is 0.144 e. The Balaban J connectivity index is 1.98. The van der Waals surface area contributed by atoms with Crippen molar-refractivity contribution >= 4 is 11.6 Å². The Morgan fingerprint density at radius 1 is 1.38 bits per heavy atom. The van der Waals surface area contributed by atoms with Crippen LogP contribution in [0.4, 0.5) is 11.6 Å². The summed E-state index contributed by atoms with van der Waals surface area (Å²) in [5.74, 6) is 2.04. The summed E-state index contributed by atoms with van der Waals surface area (Å²) >= 11 is 0. The van der Waals surface area contributed by atoms with Gasteiger partial charge in [0.05, 0.1) is 12.4 Å². The van der Waals surface area contributed by atoms with Crippen molar-refractivity contribution in [2.75, 3.05) is 11.1 Å². The molecule has 0 saturated heterocycles. The average Bonchev–Trinajstić information content (AvgIpc) is 2.15. The molecule has 4 nitrogen and oxygen atoms in total. The van der Waals surface area contributed by atoms with Crippen LogP contribution in [0.2, 0.25) is 0 Å². The second-order valence-electron chi connectivity index (χ2n) is 3.63. The summed E-state index contributed by atoms with van der Waals surface area (Å²) in [5, 5.41) is 3.33. The second kappa shape index (κ2) is 3.20. The summed E-state index contributed by atoms with van der Waals surface area (Å²) in [7, 11) is 0. The van der Waals surface area contributed by atoms with Crippen molar-refractivity contribution in [2.24, 2.45) is 5.92 Å². The fourth-order valence-electron chi connectivity index (χ4n) is 1.48. The van der Waals surface area contributed by atoms with E-state index < -0.39 is 0 Å². The first kappa shape index (κ1) is 8.29. The van der Waals surface area contributed by atoms with Crippen LogP contribution in [-0.2, 0) is 0 Å². The molecule has 0 bridgehead atoms. The van der Waals surface area contributed by atoms with Crippen LogP contribution >= 0.6 is 0 Å². The zero-order valence-electron chi connectivity index (χ0n) is 7.70. The lowest BCUT2D eigenvalue weighted by molar-refractivity contribution is 0.303. The largest absolute Gasteiger partial charge is 0.382 e. The van der Waals surface area contributed by atoms with Gasteiger partial charge in [-0.2, -0.15) is 0 Å². The smallest absolute Gasteiger partial charge is 0.144 e. The molecule has 2 rings (SSSR count). The number of nitrogens with one attached hydrogen (secondary N) is 1. The lowest BCUT2D eigenvalue weighted by Gasteiger charge is -2.34. The van der Waals surface area contributed by atoms with E-state index in [2.05, 4.69) is 22.2 Å². The standard InChI is InChI=1S/C9H14N4/c1-6-2-3-7(6)13-9-5-11-8(10)4-12-9/h4-7H,2-3H2,1H3,(H2,10,11)(H,12,13). The molecule has 1 aliphatic carbocycles. The topological polar surface area (TPSA) is 63.8 Å². The van der Waals surface area contributed by atoms with Crippen LogP contribution < -0.4 is 11.1 Å². The Morgan fingerprint density at radius 3 is 2.69 bits per heavy atom. The van der Waals surface area contributed by atoms with Crippen molar-refractivity contribution in [1.29, 1.82) is 0 Å². The molecule has 13 heavy (non-hydrogen) atoms. The molecule has 1 aliphatic rings. The van der Waals surface area contributed by atoms with Gasteiger partial charge in [0.15, 0.2) is 0 Å². The van der Waals surface area contributed by atoms with Crippen molar-refractivity contribution in [3.8, 4) is 0 Å². The maximum absolute atomic E-state index is 5.43. The van der Waals surface area contributed by atoms with Crippen molar-refractivity contribution in [3.63, 3.8) is 0 Å². The van der Waals surface area contributed by atoms with Gasteiger partial charge in [-0.25, -0.2) is 9.97 Å². The van der Waals surface area contributed by atoms with E-state index in [-0.39, 0.29) is 0 Å². The monoisotopic (exact) mass is 178 g/mol. The highest BCUT2D eigenvalue weighted by molar-refractivity contribution is 5.37. The summed E-state index contributed by atoms with van der Waals surface area (Å²) in [5.41, 5.74) is 5.43. The van der Waals surface area contributed by atoms with Crippen LogP contribution in [0.15, 0.2) is 12.4 Å². The zero-order valence-corrected chi connectivity index (χ0v) is 7.70. The van der Waals surface area contributed by atoms with Crippen LogP contribution in [0, 0.1) is 5.92 Å². The van der Waals surface area contributed by atoms with E-state index in [9.17, 15) is 0 Å². The number of hydrogen-bond acceptors (Lipinski definition) is 4. The molecule has 70 valence electrons. The first-order chi connectivity index (χ1) is 6.25. The lowest BCUT2D eigenvalue weighted by Crippen LogP contribution is -2.36.